The predicted octanol–water partition coefficient (Wildman–Crippen LogP) is 1.17. The summed E-state index contributed by atoms with van der Waals surface area (Å²) >= 11 is -1.43. The van der Waals surface area contributed by atoms with Gasteiger partial charge >= 0.3 is 10.4 Å². The van der Waals surface area contributed by atoms with Gasteiger partial charge in [0.1, 0.15) is 23.5 Å². The van der Waals surface area contributed by atoms with Gasteiger partial charge in [-0.2, -0.15) is 8.42 Å². The van der Waals surface area contributed by atoms with Crippen molar-refractivity contribution in [2.45, 2.75) is 6.92 Å². The highest BCUT2D eigenvalue weighted by atomic mass is 32.3. The second kappa shape index (κ2) is 8.33. The fourth-order valence-corrected chi connectivity index (χ4v) is 2.28. The molecule has 1 atom stereocenters. The van der Waals surface area contributed by atoms with Gasteiger partial charge in [0.15, 0.2) is 0 Å². The molecule has 0 aliphatic rings. The van der Waals surface area contributed by atoms with Crippen LogP contribution in [0.1, 0.15) is 6.92 Å². The fourth-order valence-electron chi connectivity index (χ4n) is 1.00. The van der Waals surface area contributed by atoms with E-state index < -0.39 is 21.6 Å². The Bertz CT molecular complexity index is 424. The monoisotopic (exact) mass is 296 g/mol. The molecule has 0 bridgehead atoms. The summed E-state index contributed by atoms with van der Waals surface area (Å²) in [6, 6.07) is 0. The molecule has 0 heterocycles. The molecule has 1 N–H and O–H groups in total. The zero-order valence-electron chi connectivity index (χ0n) is 10.2. The highest BCUT2D eigenvalue weighted by molar-refractivity contribution is 7.94. The van der Waals surface area contributed by atoms with Crippen LogP contribution in [-0.2, 0) is 30.5 Å². The molecule has 0 aliphatic carbocycles. The summed E-state index contributed by atoms with van der Waals surface area (Å²) in [5.74, 6) is 0.455. The van der Waals surface area contributed by atoms with Gasteiger partial charge in [-0.3, -0.25) is 4.55 Å². The van der Waals surface area contributed by atoms with E-state index in [0.717, 1.165) is 0 Å². The molecule has 0 radical (unpaired) electrons. The number of ether oxygens (including phenoxy) is 1. The molecule has 18 heavy (non-hydrogen) atoms. The molecule has 8 heteroatoms. The van der Waals surface area contributed by atoms with E-state index in [2.05, 4.69) is 10.8 Å². The Labute approximate surface area is 110 Å². The maximum Gasteiger partial charge on any atom is 0.397 e. The third-order valence-electron chi connectivity index (χ3n) is 1.70. The first-order valence-electron chi connectivity index (χ1n) is 4.84. The molecule has 0 aromatic rings. The van der Waals surface area contributed by atoms with Crippen LogP contribution in [0, 0.1) is 0 Å². The Kier molecular flexibility index (Phi) is 7.96. The quantitative estimate of drug-likeness (QED) is 0.313. The van der Waals surface area contributed by atoms with Gasteiger partial charge in [0.25, 0.3) is 0 Å². The summed E-state index contributed by atoms with van der Waals surface area (Å²) in [5.41, 5.74) is 0.627. The molecule has 0 rings (SSSR count). The van der Waals surface area contributed by atoms with Crippen molar-refractivity contribution in [1.82, 2.24) is 0 Å². The average Bonchev–Trinajstić information content (AvgIpc) is 2.23. The maximum absolute atomic E-state index is 11.5. The second-order valence-electron chi connectivity index (χ2n) is 3.11. The predicted molar refractivity (Wildman–Crippen MR) is 69.6 cm³/mol. The van der Waals surface area contributed by atoms with Gasteiger partial charge in [-0.15, -0.1) is 0 Å². The largest absolute Gasteiger partial charge is 0.612 e. The minimum absolute atomic E-state index is 0.0534. The summed E-state index contributed by atoms with van der Waals surface area (Å²) in [6.45, 7) is 4.85. The van der Waals surface area contributed by atoms with Crippen molar-refractivity contribution in [3.63, 3.8) is 0 Å². The summed E-state index contributed by atoms with van der Waals surface area (Å²) in [7, 11) is -3.01. The highest BCUT2D eigenvalue weighted by Gasteiger charge is 2.10. The van der Waals surface area contributed by atoms with E-state index in [9.17, 15) is 13.0 Å². The van der Waals surface area contributed by atoms with Crippen molar-refractivity contribution in [2.24, 2.45) is 0 Å². The average molecular weight is 296 g/mol. The van der Waals surface area contributed by atoms with Gasteiger partial charge in [-0.25, -0.2) is 4.18 Å². The Morgan fingerprint density at radius 2 is 2.17 bits per heavy atom. The number of hydrogen-bond donors (Lipinski definition) is 1. The lowest BCUT2D eigenvalue weighted by atomic mass is 10.3. The lowest BCUT2D eigenvalue weighted by Gasteiger charge is -2.09. The van der Waals surface area contributed by atoms with Crippen LogP contribution < -0.4 is 0 Å². The number of methoxy groups -OCH3 is 1. The molecule has 0 saturated heterocycles. The molecule has 6 nitrogen and oxygen atoms in total. The van der Waals surface area contributed by atoms with Gasteiger partial charge in [0.05, 0.1) is 7.11 Å². The van der Waals surface area contributed by atoms with Crippen LogP contribution in [0.5, 0.6) is 0 Å². The Hall–Kier alpha value is -0.800. The van der Waals surface area contributed by atoms with Crippen molar-refractivity contribution < 1.29 is 26.4 Å². The Morgan fingerprint density at radius 1 is 1.56 bits per heavy atom. The number of allylic oxidation sites excluding steroid dienone is 3. The summed E-state index contributed by atoms with van der Waals surface area (Å²) < 4.78 is 49.4. The van der Waals surface area contributed by atoms with Crippen LogP contribution in [0.25, 0.3) is 0 Å². The fraction of sp³-hybridized carbons (Fsp3) is 0.400. The summed E-state index contributed by atoms with van der Waals surface area (Å²) in [5, 5.41) is 1.41. The Balaban J connectivity index is 4.40. The molecule has 104 valence electrons. The van der Waals surface area contributed by atoms with Gasteiger partial charge in [0, 0.05) is 5.57 Å². The zero-order valence-corrected chi connectivity index (χ0v) is 11.8. The van der Waals surface area contributed by atoms with Gasteiger partial charge < -0.3 is 9.29 Å². The van der Waals surface area contributed by atoms with Crippen LogP contribution in [0.15, 0.2) is 35.5 Å². The first kappa shape index (κ1) is 17.2. The molecule has 0 amide bonds. The lowest BCUT2D eigenvalue weighted by molar-refractivity contribution is 0.284. The number of rotatable bonds is 8. The van der Waals surface area contributed by atoms with E-state index in [1.54, 1.807) is 13.0 Å². The Morgan fingerprint density at radius 3 is 2.61 bits per heavy atom. The zero-order chi connectivity index (χ0) is 14.2. The summed E-state index contributed by atoms with van der Waals surface area (Å²) in [4.78, 5) is 0. The van der Waals surface area contributed by atoms with E-state index in [1.165, 1.54) is 18.6 Å². The smallest absolute Gasteiger partial charge is 0.397 e. The van der Waals surface area contributed by atoms with Crippen molar-refractivity contribution in [2.75, 3.05) is 19.5 Å². The normalized spacial score (nSPS) is 15.3. The molecular formula is C10H16O6S2. The highest BCUT2D eigenvalue weighted by Crippen LogP contribution is 2.12. The topological polar surface area (TPSA) is 95.9 Å². The third kappa shape index (κ3) is 8.31. The molecule has 0 fully saturated rings. The van der Waals surface area contributed by atoms with Crippen LogP contribution in [0.4, 0.5) is 0 Å². The standard InChI is InChI=1S/C10H16O6S2/c1-4-5-10(15-3)9(2)8-17(11)7-6-16-18(12,13)14/h4-5,8H,1,6-7H2,2-3H3,(H,12,13,14)/b9-8-,10-5+. The van der Waals surface area contributed by atoms with Crippen LogP contribution in [0.3, 0.4) is 0 Å². The van der Waals surface area contributed by atoms with Crippen molar-refractivity contribution in [3.05, 3.63) is 35.5 Å². The van der Waals surface area contributed by atoms with Crippen molar-refractivity contribution >= 4 is 21.6 Å². The van der Waals surface area contributed by atoms with Gasteiger partial charge in [-0.1, -0.05) is 12.7 Å². The third-order valence-corrected chi connectivity index (χ3v) is 3.35. The van der Waals surface area contributed by atoms with Gasteiger partial charge in [-0.05, 0) is 24.2 Å². The van der Waals surface area contributed by atoms with E-state index in [1.807, 2.05) is 0 Å². The van der Waals surface area contributed by atoms with Crippen molar-refractivity contribution in [1.29, 1.82) is 0 Å². The van der Waals surface area contributed by atoms with E-state index in [4.69, 9.17) is 9.29 Å². The van der Waals surface area contributed by atoms with Gasteiger partial charge in [0.2, 0.25) is 0 Å². The molecule has 0 aliphatic heterocycles. The van der Waals surface area contributed by atoms with Crippen LogP contribution >= 0.6 is 0 Å². The molecule has 0 aromatic heterocycles. The molecule has 0 saturated carbocycles. The second-order valence-corrected chi connectivity index (χ2v) is 5.60. The SMILES string of the molecule is C=C/C=C(OC)\C(C)=C/[S+]([O-])CCOS(=O)(=O)O. The first-order chi connectivity index (χ1) is 8.30. The molecule has 0 spiro atoms. The minimum Gasteiger partial charge on any atom is -0.612 e. The molecule has 1 unspecified atom stereocenters. The van der Waals surface area contributed by atoms with Crippen molar-refractivity contribution in [3.8, 4) is 0 Å². The van der Waals surface area contributed by atoms with E-state index in [-0.39, 0.29) is 12.4 Å². The van der Waals surface area contributed by atoms with Crippen LogP contribution in [-0.4, -0.2) is 37.0 Å². The lowest BCUT2D eigenvalue weighted by Crippen LogP contribution is -2.14. The molecular weight excluding hydrogens is 280 g/mol. The number of hydrogen-bond acceptors (Lipinski definition) is 5. The molecule has 0 aromatic carbocycles. The first-order valence-corrected chi connectivity index (χ1v) is 7.59. The minimum atomic E-state index is -4.48. The maximum atomic E-state index is 11.5. The van der Waals surface area contributed by atoms with E-state index in [0.29, 0.717) is 11.3 Å². The summed E-state index contributed by atoms with van der Waals surface area (Å²) in [6.07, 6.45) is 3.14. The van der Waals surface area contributed by atoms with E-state index >= 15 is 0 Å². The van der Waals surface area contributed by atoms with Crippen LogP contribution in [0.2, 0.25) is 0 Å².